The normalized spacial score (nSPS) is 21.4. The summed E-state index contributed by atoms with van der Waals surface area (Å²) in [7, 11) is 4.20. The molecule has 0 bridgehead atoms. The van der Waals surface area contributed by atoms with Crippen LogP contribution in [0.1, 0.15) is 56.9 Å². The van der Waals surface area contributed by atoms with Crippen LogP contribution in [-0.2, 0) is 0 Å². The molecule has 2 heterocycles. The fraction of sp³-hybridized carbons (Fsp3) is 0.556. The summed E-state index contributed by atoms with van der Waals surface area (Å²) in [6.07, 6.45) is 13.0. The van der Waals surface area contributed by atoms with Gasteiger partial charge in [-0.05, 0) is 116 Å². The number of hydrogen-bond donors (Lipinski definition) is 0. The van der Waals surface area contributed by atoms with Gasteiger partial charge >= 0.3 is 0 Å². The van der Waals surface area contributed by atoms with Gasteiger partial charge in [-0.15, -0.1) is 0 Å². The van der Waals surface area contributed by atoms with Gasteiger partial charge in [0, 0.05) is 87.6 Å². The molecule has 5 nitrogen and oxygen atoms in total. The highest BCUT2D eigenvalue weighted by Gasteiger charge is 2.22. The van der Waals surface area contributed by atoms with Gasteiger partial charge in [0.15, 0.2) is 0 Å². The lowest BCUT2D eigenvalue weighted by Gasteiger charge is -2.34. The molecule has 1 aliphatic carbocycles. The number of benzene rings is 2. The van der Waals surface area contributed by atoms with E-state index in [0.717, 1.165) is 56.6 Å². The van der Waals surface area contributed by atoms with Gasteiger partial charge in [-0.25, -0.2) is 12.9 Å². The molecule has 3 aliphatic rings. The van der Waals surface area contributed by atoms with Crippen molar-refractivity contribution in [3.05, 3.63) is 77.3 Å². The second-order valence-electron chi connectivity index (χ2n) is 12.9. The van der Waals surface area contributed by atoms with Crippen molar-refractivity contribution >= 4 is 46.9 Å². The molecular weight excluding hydrogens is 602 g/mol. The van der Waals surface area contributed by atoms with Crippen molar-refractivity contribution in [3.8, 4) is 0 Å². The number of anilines is 1. The van der Waals surface area contributed by atoms with Crippen molar-refractivity contribution in [2.24, 2.45) is 5.92 Å². The maximum atomic E-state index is 6.13. The van der Waals surface area contributed by atoms with E-state index in [1.807, 2.05) is 36.2 Å². The second kappa shape index (κ2) is 17.5. The third kappa shape index (κ3) is 10.8. The van der Waals surface area contributed by atoms with Crippen molar-refractivity contribution < 1.29 is 0 Å². The molecule has 2 aromatic rings. The average Bonchev–Trinajstić information content (AvgIpc) is 3.02. The SMILES string of the molecule is C=C1CN(Sc2ccc(N(C)C)cc2)CCCN(CC2CCCCC2)CCCN(SN2CC=C(c3ccc(Cl)cc3)CC2)C1. The van der Waals surface area contributed by atoms with E-state index in [2.05, 4.69) is 85.9 Å². The Kier molecular flexibility index (Phi) is 13.5. The van der Waals surface area contributed by atoms with Gasteiger partial charge in [0.05, 0.1) is 0 Å². The lowest BCUT2D eigenvalue weighted by atomic mass is 9.89. The van der Waals surface area contributed by atoms with Crippen LogP contribution in [0.5, 0.6) is 0 Å². The first kappa shape index (κ1) is 33.9. The molecule has 1 saturated carbocycles. The molecule has 0 radical (unpaired) electrons. The molecule has 0 amide bonds. The van der Waals surface area contributed by atoms with Crippen molar-refractivity contribution in [1.29, 1.82) is 0 Å². The predicted molar refractivity (Wildman–Crippen MR) is 194 cm³/mol. The van der Waals surface area contributed by atoms with Gasteiger partial charge in [0.2, 0.25) is 0 Å². The topological polar surface area (TPSA) is 16.2 Å². The molecule has 0 spiro atoms. The van der Waals surface area contributed by atoms with Crippen LogP contribution in [0.4, 0.5) is 5.69 Å². The van der Waals surface area contributed by atoms with Crippen molar-refractivity contribution in [2.45, 2.75) is 56.3 Å². The van der Waals surface area contributed by atoms with Crippen LogP contribution in [0.25, 0.3) is 5.57 Å². The van der Waals surface area contributed by atoms with Crippen molar-refractivity contribution in [1.82, 2.24) is 17.8 Å². The Morgan fingerprint density at radius 2 is 1.48 bits per heavy atom. The summed E-state index contributed by atoms with van der Waals surface area (Å²) in [4.78, 5) is 6.26. The third-order valence-electron chi connectivity index (χ3n) is 9.01. The minimum atomic E-state index is 0.800. The molecule has 0 N–H and O–H groups in total. The van der Waals surface area contributed by atoms with Crippen LogP contribution < -0.4 is 4.90 Å². The minimum Gasteiger partial charge on any atom is -0.378 e. The van der Waals surface area contributed by atoms with Crippen LogP contribution in [0, 0.1) is 5.92 Å². The van der Waals surface area contributed by atoms with E-state index in [4.69, 9.17) is 11.6 Å². The summed E-state index contributed by atoms with van der Waals surface area (Å²) in [6, 6.07) is 17.3. The number of halogens is 1. The van der Waals surface area contributed by atoms with Crippen LogP contribution >= 0.6 is 35.7 Å². The van der Waals surface area contributed by atoms with Crippen LogP contribution in [0.2, 0.25) is 5.02 Å². The van der Waals surface area contributed by atoms with Gasteiger partial charge in [-0.1, -0.05) is 55.7 Å². The average molecular weight is 654 g/mol. The molecule has 2 aromatic carbocycles. The molecule has 1 saturated heterocycles. The molecule has 2 fully saturated rings. The second-order valence-corrected chi connectivity index (χ2v) is 15.7. The predicted octanol–water partition coefficient (Wildman–Crippen LogP) is 8.60. The molecular formula is C36H52ClN5S2. The Labute approximate surface area is 281 Å². The van der Waals surface area contributed by atoms with E-state index in [1.54, 1.807) is 0 Å². The summed E-state index contributed by atoms with van der Waals surface area (Å²) < 4.78 is 7.66. The van der Waals surface area contributed by atoms with Crippen LogP contribution in [-0.4, -0.2) is 90.8 Å². The molecule has 0 atom stereocenters. The first-order chi connectivity index (χ1) is 21.4. The number of rotatable bonds is 8. The Morgan fingerprint density at radius 1 is 0.795 bits per heavy atom. The molecule has 240 valence electrons. The zero-order chi connectivity index (χ0) is 30.7. The number of hydrogen-bond acceptors (Lipinski definition) is 7. The van der Waals surface area contributed by atoms with Crippen molar-refractivity contribution in [3.63, 3.8) is 0 Å². The van der Waals surface area contributed by atoms with E-state index in [9.17, 15) is 0 Å². The molecule has 0 aromatic heterocycles. The molecule has 44 heavy (non-hydrogen) atoms. The van der Waals surface area contributed by atoms with Crippen molar-refractivity contribution in [2.75, 3.05) is 77.9 Å². The molecule has 5 rings (SSSR count). The Morgan fingerprint density at radius 3 is 2.14 bits per heavy atom. The van der Waals surface area contributed by atoms with Gasteiger partial charge in [0.25, 0.3) is 0 Å². The highest BCUT2D eigenvalue weighted by Crippen LogP contribution is 2.31. The van der Waals surface area contributed by atoms with Crippen LogP contribution in [0.15, 0.2) is 71.7 Å². The maximum absolute atomic E-state index is 6.13. The summed E-state index contributed by atoms with van der Waals surface area (Å²) >= 11 is 9.96. The van der Waals surface area contributed by atoms with E-state index in [1.165, 1.54) is 91.9 Å². The monoisotopic (exact) mass is 653 g/mol. The summed E-state index contributed by atoms with van der Waals surface area (Å²) in [6.45, 7) is 14.3. The van der Waals surface area contributed by atoms with Gasteiger partial charge < -0.3 is 9.80 Å². The zero-order valence-corrected chi connectivity index (χ0v) is 29.3. The Hall–Kier alpha value is -1.45. The number of nitrogens with zero attached hydrogens (tertiary/aromatic N) is 5. The highest BCUT2D eigenvalue weighted by molar-refractivity contribution is 7.97. The van der Waals surface area contributed by atoms with E-state index in [-0.39, 0.29) is 0 Å². The quantitative estimate of drug-likeness (QED) is 0.207. The molecule has 8 heteroatoms. The smallest absolute Gasteiger partial charge is 0.0406 e. The summed E-state index contributed by atoms with van der Waals surface area (Å²) in [5.74, 6) is 0.887. The zero-order valence-electron chi connectivity index (χ0n) is 26.9. The molecule has 0 unspecified atom stereocenters. The lowest BCUT2D eigenvalue weighted by molar-refractivity contribution is 0.189. The Balaban J connectivity index is 1.23. The summed E-state index contributed by atoms with van der Waals surface area (Å²) in [5, 5.41) is 0.800. The largest absolute Gasteiger partial charge is 0.378 e. The highest BCUT2D eigenvalue weighted by atomic mass is 35.5. The van der Waals surface area contributed by atoms with Gasteiger partial charge in [-0.3, -0.25) is 0 Å². The Bertz CT molecular complexity index is 1200. The summed E-state index contributed by atoms with van der Waals surface area (Å²) in [5.41, 5.74) is 5.27. The first-order valence-corrected chi connectivity index (χ1v) is 18.5. The van der Waals surface area contributed by atoms with E-state index < -0.39 is 0 Å². The van der Waals surface area contributed by atoms with E-state index >= 15 is 0 Å². The van der Waals surface area contributed by atoms with Gasteiger partial charge in [0.1, 0.15) is 0 Å². The third-order valence-corrected chi connectivity index (χ3v) is 11.4. The fourth-order valence-electron chi connectivity index (χ4n) is 6.59. The standard InChI is InChI=1S/C36H52ClN5S2/c1-30-27-41(43-36-17-15-35(16-18-36)38(2)3)23-7-21-39(29-31-9-5-4-6-10-31)22-8-24-42(28-30)44-40-25-19-33(20-26-40)32-11-13-34(37)14-12-32/h11-19,31H,1,4-10,20-29H2,2-3H3. The van der Waals surface area contributed by atoms with E-state index in [0.29, 0.717) is 0 Å². The maximum Gasteiger partial charge on any atom is 0.0406 e. The van der Waals surface area contributed by atoms with Crippen LogP contribution in [0.3, 0.4) is 0 Å². The minimum absolute atomic E-state index is 0.800. The van der Waals surface area contributed by atoms with Gasteiger partial charge in [-0.2, -0.15) is 0 Å². The fourth-order valence-corrected chi connectivity index (χ4v) is 8.83. The lowest BCUT2D eigenvalue weighted by Crippen LogP contribution is -2.37. The molecule has 2 aliphatic heterocycles. The first-order valence-electron chi connectivity index (χ1n) is 16.6.